The SMILES string of the molecule is BC(=O)N(P)c1cnc2cc(O)ccc2c1. The van der Waals surface area contributed by atoms with Gasteiger partial charge in [0.2, 0.25) is 7.85 Å². The van der Waals surface area contributed by atoms with E-state index in [-0.39, 0.29) is 11.6 Å². The van der Waals surface area contributed by atoms with E-state index in [2.05, 4.69) is 14.4 Å². The number of hydrogen-bond donors (Lipinski definition) is 1. The Morgan fingerprint density at radius 2 is 2.19 bits per heavy atom. The third-order valence-corrected chi connectivity index (χ3v) is 2.93. The number of nitrogens with zero attached hydrogens (tertiary/aromatic N) is 2. The molecule has 16 heavy (non-hydrogen) atoms. The maximum Gasteiger partial charge on any atom is 0.216 e. The Morgan fingerprint density at radius 3 is 2.88 bits per heavy atom. The summed E-state index contributed by atoms with van der Waals surface area (Å²) in [5.74, 6) is 0.104. The van der Waals surface area contributed by atoms with Crippen LogP contribution in [0.3, 0.4) is 0 Å². The van der Waals surface area contributed by atoms with E-state index >= 15 is 0 Å². The van der Waals surface area contributed by atoms with Crippen LogP contribution in [0.1, 0.15) is 0 Å². The molecule has 0 saturated carbocycles. The minimum absolute atomic E-state index is 0.0788. The molecular formula is C10H10BN2O2P. The predicted octanol–water partition coefficient (Wildman–Crippen LogP) is 1.29. The Morgan fingerprint density at radius 1 is 1.44 bits per heavy atom. The van der Waals surface area contributed by atoms with Crippen LogP contribution < -0.4 is 4.67 Å². The van der Waals surface area contributed by atoms with E-state index in [9.17, 15) is 9.90 Å². The highest BCUT2D eigenvalue weighted by Crippen LogP contribution is 2.24. The van der Waals surface area contributed by atoms with Crippen molar-refractivity contribution in [1.82, 2.24) is 4.98 Å². The van der Waals surface area contributed by atoms with Crippen LogP contribution in [0, 0.1) is 0 Å². The van der Waals surface area contributed by atoms with Gasteiger partial charge in [0.1, 0.15) is 5.75 Å². The van der Waals surface area contributed by atoms with Crippen LogP contribution in [-0.2, 0) is 0 Å². The van der Waals surface area contributed by atoms with Gasteiger partial charge in [0.05, 0.1) is 17.4 Å². The summed E-state index contributed by atoms with van der Waals surface area (Å²) < 4.78 is 1.44. The largest absolute Gasteiger partial charge is 0.508 e. The molecule has 2 rings (SSSR count). The number of hydrogen-bond acceptors (Lipinski definition) is 3. The summed E-state index contributed by atoms with van der Waals surface area (Å²) in [7, 11) is 3.82. The minimum atomic E-state index is -0.0788. The fourth-order valence-corrected chi connectivity index (χ4v) is 1.55. The number of amides is 1. The molecule has 80 valence electrons. The number of benzene rings is 1. The number of carbonyl (C=O) groups is 1. The summed E-state index contributed by atoms with van der Waals surface area (Å²) >= 11 is 0. The summed E-state index contributed by atoms with van der Waals surface area (Å²) in [5.41, 5.74) is 1.40. The first-order valence-electron chi connectivity index (χ1n) is 4.72. The smallest absolute Gasteiger partial charge is 0.216 e. The number of phenols is 1. The molecule has 0 aliphatic carbocycles. The first kappa shape index (κ1) is 10.9. The van der Waals surface area contributed by atoms with Crippen molar-refractivity contribution < 1.29 is 9.90 Å². The molecule has 0 spiro atoms. The van der Waals surface area contributed by atoms with E-state index in [1.165, 1.54) is 12.5 Å². The van der Waals surface area contributed by atoms with Crippen molar-refractivity contribution in [2.24, 2.45) is 0 Å². The molecule has 0 aliphatic rings. The van der Waals surface area contributed by atoms with Gasteiger partial charge >= 0.3 is 0 Å². The Labute approximate surface area is 96.0 Å². The normalized spacial score (nSPS) is 10.3. The van der Waals surface area contributed by atoms with E-state index < -0.39 is 0 Å². The molecule has 0 bridgehead atoms. The zero-order valence-corrected chi connectivity index (χ0v) is 9.87. The number of pyridine rings is 1. The number of rotatable bonds is 1. The van der Waals surface area contributed by atoms with Gasteiger partial charge in [0, 0.05) is 11.5 Å². The van der Waals surface area contributed by atoms with Crippen molar-refractivity contribution in [3.05, 3.63) is 30.5 Å². The van der Waals surface area contributed by atoms with Gasteiger partial charge in [-0.25, -0.2) is 0 Å². The van der Waals surface area contributed by atoms with Gasteiger partial charge in [-0.3, -0.25) is 9.78 Å². The molecule has 1 aromatic carbocycles. The summed E-state index contributed by atoms with van der Waals surface area (Å²) in [6.07, 6.45) is 1.59. The van der Waals surface area contributed by atoms with Crippen LogP contribution in [0.5, 0.6) is 5.75 Å². The van der Waals surface area contributed by atoms with E-state index in [4.69, 9.17) is 0 Å². The van der Waals surface area contributed by atoms with Gasteiger partial charge in [-0.2, -0.15) is 0 Å². The molecule has 4 nitrogen and oxygen atoms in total. The maximum absolute atomic E-state index is 11.2. The van der Waals surface area contributed by atoms with Crippen molar-refractivity contribution in [2.45, 2.75) is 0 Å². The van der Waals surface area contributed by atoms with Gasteiger partial charge in [-0.15, -0.1) is 0 Å². The average molecular weight is 232 g/mol. The standard InChI is InChI=1S/C10H10BN2O2P/c11-10(15)13(16)7-3-6-1-2-8(14)4-9(6)12-5-7/h1-5,14H,11,16H2. The quantitative estimate of drug-likeness (QED) is 0.595. The summed E-state index contributed by atoms with van der Waals surface area (Å²) in [6, 6.07) is 6.78. The zero-order chi connectivity index (χ0) is 11.7. The van der Waals surface area contributed by atoms with Crippen LogP contribution in [0.15, 0.2) is 30.5 Å². The van der Waals surface area contributed by atoms with E-state index in [1.54, 1.807) is 24.4 Å². The number of fused-ring (bicyclic) bond motifs is 1. The highest BCUT2D eigenvalue weighted by atomic mass is 31.0. The summed E-state index contributed by atoms with van der Waals surface area (Å²) in [4.78, 5) is 15.3. The van der Waals surface area contributed by atoms with E-state index in [1.807, 2.05) is 6.07 Å². The summed E-state index contributed by atoms with van der Waals surface area (Å²) in [5, 5.41) is 10.2. The second-order valence-electron chi connectivity index (χ2n) is 3.46. The second-order valence-corrected chi connectivity index (χ2v) is 3.98. The fourth-order valence-electron chi connectivity index (χ4n) is 1.41. The first-order chi connectivity index (χ1) is 7.58. The van der Waals surface area contributed by atoms with Gasteiger partial charge < -0.3 is 9.78 Å². The minimum Gasteiger partial charge on any atom is -0.508 e. The molecule has 0 saturated heterocycles. The maximum atomic E-state index is 11.2. The molecule has 0 fully saturated rings. The topological polar surface area (TPSA) is 53.4 Å². The Balaban J connectivity index is 2.52. The lowest BCUT2D eigenvalue weighted by Gasteiger charge is -2.14. The molecular weight excluding hydrogens is 222 g/mol. The molecule has 6 heteroatoms. The lowest BCUT2D eigenvalue weighted by molar-refractivity contribution is 0.267. The highest BCUT2D eigenvalue weighted by Gasteiger charge is 2.06. The lowest BCUT2D eigenvalue weighted by Crippen LogP contribution is -2.17. The number of carbonyl (C=O) groups excluding carboxylic acids is 1. The first-order valence-corrected chi connectivity index (χ1v) is 5.24. The molecule has 2 aromatic rings. The van der Waals surface area contributed by atoms with E-state index in [0.717, 1.165) is 5.39 Å². The lowest BCUT2D eigenvalue weighted by atomic mass is 10.1. The number of aromatic hydroxyl groups is 1. The number of aromatic nitrogens is 1. The van der Waals surface area contributed by atoms with Gasteiger partial charge in [0.15, 0.2) is 5.81 Å². The third kappa shape index (κ3) is 2.00. The monoisotopic (exact) mass is 232 g/mol. The van der Waals surface area contributed by atoms with Crippen molar-refractivity contribution in [2.75, 3.05) is 4.67 Å². The van der Waals surface area contributed by atoms with Gasteiger partial charge in [0.25, 0.3) is 0 Å². The van der Waals surface area contributed by atoms with Crippen molar-refractivity contribution in [3.63, 3.8) is 0 Å². The molecule has 1 unspecified atom stereocenters. The van der Waals surface area contributed by atoms with Crippen LogP contribution in [0.2, 0.25) is 0 Å². The summed E-state index contributed by atoms with van der Waals surface area (Å²) in [6.45, 7) is 0. The molecule has 0 aliphatic heterocycles. The molecule has 1 atom stereocenters. The third-order valence-electron chi connectivity index (χ3n) is 2.27. The highest BCUT2D eigenvalue weighted by molar-refractivity contribution is 7.22. The van der Waals surface area contributed by atoms with Crippen LogP contribution >= 0.6 is 9.39 Å². The van der Waals surface area contributed by atoms with Crippen LogP contribution in [0.4, 0.5) is 10.5 Å². The van der Waals surface area contributed by atoms with Gasteiger partial charge in [-0.1, -0.05) is 0 Å². The zero-order valence-electron chi connectivity index (χ0n) is 8.71. The van der Waals surface area contributed by atoms with Gasteiger partial charge in [-0.05, 0) is 27.6 Å². The second kappa shape index (κ2) is 4.10. The Bertz CT molecular complexity index is 562. The van der Waals surface area contributed by atoms with Crippen molar-refractivity contribution in [3.8, 4) is 5.75 Å². The molecule has 1 heterocycles. The van der Waals surface area contributed by atoms with Crippen molar-refractivity contribution >= 4 is 39.6 Å². The Kier molecular flexibility index (Phi) is 2.79. The van der Waals surface area contributed by atoms with Crippen LogP contribution in [-0.4, -0.2) is 23.7 Å². The number of phenolic OH excluding ortho intramolecular Hbond substituents is 1. The Hall–Kier alpha value is -1.61. The molecule has 0 radical (unpaired) electrons. The van der Waals surface area contributed by atoms with E-state index in [0.29, 0.717) is 11.2 Å². The van der Waals surface area contributed by atoms with Crippen LogP contribution in [0.25, 0.3) is 10.9 Å². The predicted molar refractivity (Wildman–Crippen MR) is 69.5 cm³/mol. The molecule has 1 aromatic heterocycles. The number of anilines is 1. The average Bonchev–Trinajstić information content (AvgIpc) is 2.27. The fraction of sp³-hybridized carbons (Fsp3) is 0. The molecule has 1 N–H and O–H groups in total. The van der Waals surface area contributed by atoms with Crippen molar-refractivity contribution in [1.29, 1.82) is 0 Å². The molecule has 1 amide bonds.